The van der Waals surface area contributed by atoms with E-state index in [1.54, 1.807) is 31.4 Å². The molecule has 20 heavy (non-hydrogen) atoms. The fourth-order valence-electron chi connectivity index (χ4n) is 1.92. The van der Waals surface area contributed by atoms with Crippen LogP contribution >= 0.6 is 0 Å². The molecule has 0 spiro atoms. The second-order valence-electron chi connectivity index (χ2n) is 4.39. The number of aliphatic hydroxyl groups excluding tert-OH is 1. The molecule has 0 bridgehead atoms. The molecule has 2 rings (SSSR count). The number of benzene rings is 2. The average Bonchev–Trinajstić information content (AvgIpc) is 2.50. The topological polar surface area (TPSA) is 38.7 Å². The summed E-state index contributed by atoms with van der Waals surface area (Å²) in [6.07, 6.45) is 0. The van der Waals surface area contributed by atoms with Crippen LogP contribution in [0.25, 0.3) is 0 Å². The van der Waals surface area contributed by atoms with E-state index >= 15 is 0 Å². The summed E-state index contributed by atoms with van der Waals surface area (Å²) in [4.78, 5) is 0. The molecule has 0 saturated carbocycles. The lowest BCUT2D eigenvalue weighted by molar-refractivity contribution is 0.201. The summed E-state index contributed by atoms with van der Waals surface area (Å²) < 4.78 is 23.8. The van der Waals surface area contributed by atoms with Crippen LogP contribution < -0.4 is 9.47 Å². The van der Waals surface area contributed by atoms with Gasteiger partial charge in [0.2, 0.25) is 0 Å². The molecule has 4 heteroatoms. The first-order valence-corrected chi connectivity index (χ1v) is 6.36. The lowest BCUT2D eigenvalue weighted by atomic mass is 10.0. The van der Waals surface area contributed by atoms with Crippen molar-refractivity contribution in [1.29, 1.82) is 0 Å². The van der Waals surface area contributed by atoms with Gasteiger partial charge in [-0.1, -0.05) is 24.3 Å². The Morgan fingerprint density at radius 1 is 1.05 bits per heavy atom. The Morgan fingerprint density at radius 2 is 1.70 bits per heavy atom. The predicted octanol–water partition coefficient (Wildman–Crippen LogP) is 2.99. The summed E-state index contributed by atoms with van der Waals surface area (Å²) in [6.45, 7) is 0.225. The fourth-order valence-corrected chi connectivity index (χ4v) is 1.92. The first-order valence-electron chi connectivity index (χ1n) is 6.36. The van der Waals surface area contributed by atoms with Gasteiger partial charge in [0.15, 0.2) is 11.5 Å². The number of halogens is 1. The molecular weight excluding hydrogens is 259 g/mol. The van der Waals surface area contributed by atoms with Crippen LogP contribution in [0.4, 0.5) is 4.39 Å². The Morgan fingerprint density at radius 3 is 2.30 bits per heavy atom. The lowest BCUT2D eigenvalue weighted by Gasteiger charge is -2.17. The molecule has 0 aliphatic rings. The third-order valence-corrected chi connectivity index (χ3v) is 3.07. The number of hydrogen-bond donors (Lipinski definition) is 1. The van der Waals surface area contributed by atoms with E-state index in [2.05, 4.69) is 0 Å². The van der Waals surface area contributed by atoms with Gasteiger partial charge < -0.3 is 14.6 Å². The van der Waals surface area contributed by atoms with E-state index in [1.165, 1.54) is 12.1 Å². The van der Waals surface area contributed by atoms with Gasteiger partial charge in [-0.2, -0.15) is 0 Å². The molecule has 0 heterocycles. The smallest absolute Gasteiger partial charge is 0.161 e. The van der Waals surface area contributed by atoms with Crippen LogP contribution in [0.3, 0.4) is 0 Å². The molecule has 1 unspecified atom stereocenters. The highest BCUT2D eigenvalue weighted by Crippen LogP contribution is 2.27. The van der Waals surface area contributed by atoms with Crippen molar-refractivity contribution >= 4 is 0 Å². The van der Waals surface area contributed by atoms with E-state index < -0.39 is 0 Å². The van der Waals surface area contributed by atoms with Gasteiger partial charge >= 0.3 is 0 Å². The largest absolute Gasteiger partial charge is 0.493 e. The maximum absolute atomic E-state index is 12.9. The van der Waals surface area contributed by atoms with Crippen LogP contribution in [0.15, 0.2) is 48.5 Å². The van der Waals surface area contributed by atoms with Crippen molar-refractivity contribution in [3.63, 3.8) is 0 Å². The van der Waals surface area contributed by atoms with Gasteiger partial charge in [-0.25, -0.2) is 4.39 Å². The van der Waals surface area contributed by atoms with Crippen molar-refractivity contribution < 1.29 is 19.0 Å². The number of rotatable bonds is 6. The van der Waals surface area contributed by atoms with Crippen molar-refractivity contribution in [2.24, 2.45) is 0 Å². The van der Waals surface area contributed by atoms with E-state index in [4.69, 9.17) is 9.47 Å². The highest BCUT2D eigenvalue weighted by Gasteiger charge is 2.13. The van der Waals surface area contributed by atoms with Crippen LogP contribution in [-0.4, -0.2) is 25.4 Å². The van der Waals surface area contributed by atoms with Crippen LogP contribution in [0.5, 0.6) is 11.5 Å². The van der Waals surface area contributed by atoms with Gasteiger partial charge in [-0.3, -0.25) is 0 Å². The average molecular weight is 276 g/mol. The van der Waals surface area contributed by atoms with Gasteiger partial charge in [0.1, 0.15) is 5.82 Å². The van der Waals surface area contributed by atoms with Gasteiger partial charge in [-0.05, 0) is 29.8 Å². The van der Waals surface area contributed by atoms with Crippen LogP contribution in [0.1, 0.15) is 11.5 Å². The van der Waals surface area contributed by atoms with E-state index in [1.807, 2.05) is 12.1 Å². The van der Waals surface area contributed by atoms with Crippen LogP contribution in [-0.2, 0) is 0 Å². The Kier molecular flexibility index (Phi) is 4.96. The number of aliphatic hydroxyl groups is 1. The predicted molar refractivity (Wildman–Crippen MR) is 74.7 cm³/mol. The number of hydrogen-bond acceptors (Lipinski definition) is 3. The van der Waals surface area contributed by atoms with Gasteiger partial charge in [-0.15, -0.1) is 0 Å². The first-order chi connectivity index (χ1) is 9.74. The zero-order valence-electron chi connectivity index (χ0n) is 11.3. The van der Waals surface area contributed by atoms with E-state index in [0.717, 1.165) is 5.56 Å². The number of para-hydroxylation sites is 2. The Balaban J connectivity index is 2.05. The standard InChI is InChI=1S/C16H17FO3/c1-19-15-4-2-3-5-16(15)20-11-13(10-18)12-6-8-14(17)9-7-12/h2-9,13,18H,10-11H2,1H3. The first kappa shape index (κ1) is 14.3. The minimum Gasteiger partial charge on any atom is -0.493 e. The second kappa shape index (κ2) is 6.91. The Hall–Kier alpha value is -2.07. The maximum Gasteiger partial charge on any atom is 0.161 e. The van der Waals surface area contributed by atoms with Crippen molar-refractivity contribution in [3.8, 4) is 11.5 Å². The summed E-state index contributed by atoms with van der Waals surface area (Å²) in [7, 11) is 1.58. The molecule has 0 aromatic heterocycles. The van der Waals surface area contributed by atoms with Crippen molar-refractivity contribution in [2.75, 3.05) is 20.3 Å². The monoisotopic (exact) mass is 276 g/mol. The number of ether oxygens (including phenoxy) is 2. The third kappa shape index (κ3) is 3.48. The van der Waals surface area contributed by atoms with Crippen LogP contribution in [0.2, 0.25) is 0 Å². The zero-order chi connectivity index (χ0) is 14.4. The Bertz CT molecular complexity index is 540. The Labute approximate surface area is 117 Å². The molecule has 2 aromatic carbocycles. The second-order valence-corrected chi connectivity index (χ2v) is 4.39. The fraction of sp³-hybridized carbons (Fsp3) is 0.250. The van der Waals surface area contributed by atoms with Gasteiger partial charge in [0.05, 0.1) is 20.3 Å². The summed E-state index contributed by atoms with van der Waals surface area (Å²) in [5, 5.41) is 9.45. The molecule has 0 fully saturated rings. The SMILES string of the molecule is COc1ccccc1OCC(CO)c1ccc(F)cc1. The molecule has 2 aromatic rings. The summed E-state index contributed by atoms with van der Waals surface area (Å²) in [5.74, 6) is 0.760. The highest BCUT2D eigenvalue weighted by molar-refractivity contribution is 5.39. The molecule has 0 aliphatic heterocycles. The molecule has 3 nitrogen and oxygen atoms in total. The summed E-state index contributed by atoms with van der Waals surface area (Å²) in [6, 6.07) is 13.4. The molecule has 0 amide bonds. The van der Waals surface area contributed by atoms with Crippen molar-refractivity contribution in [3.05, 3.63) is 59.9 Å². The van der Waals surface area contributed by atoms with E-state index in [0.29, 0.717) is 18.1 Å². The molecule has 0 saturated heterocycles. The lowest BCUT2D eigenvalue weighted by Crippen LogP contribution is -2.14. The highest BCUT2D eigenvalue weighted by atomic mass is 19.1. The maximum atomic E-state index is 12.9. The zero-order valence-corrected chi connectivity index (χ0v) is 11.3. The van der Waals surface area contributed by atoms with E-state index in [9.17, 15) is 9.50 Å². The minimum absolute atomic E-state index is 0.0687. The van der Waals surface area contributed by atoms with Crippen molar-refractivity contribution in [1.82, 2.24) is 0 Å². The van der Waals surface area contributed by atoms with Gasteiger partial charge in [0, 0.05) is 5.92 Å². The molecular formula is C16H17FO3. The molecule has 0 radical (unpaired) electrons. The van der Waals surface area contributed by atoms with E-state index in [-0.39, 0.29) is 18.3 Å². The quantitative estimate of drug-likeness (QED) is 0.881. The normalized spacial score (nSPS) is 11.9. The van der Waals surface area contributed by atoms with Crippen molar-refractivity contribution in [2.45, 2.75) is 5.92 Å². The molecule has 1 N–H and O–H groups in total. The summed E-state index contributed by atoms with van der Waals surface area (Å²) >= 11 is 0. The number of methoxy groups -OCH3 is 1. The minimum atomic E-state index is -0.295. The molecule has 106 valence electrons. The molecule has 0 aliphatic carbocycles. The van der Waals surface area contributed by atoms with Crippen LogP contribution in [0, 0.1) is 5.82 Å². The third-order valence-electron chi connectivity index (χ3n) is 3.07. The summed E-state index contributed by atoms with van der Waals surface area (Å²) in [5.41, 5.74) is 0.837. The molecule has 1 atom stereocenters. The van der Waals surface area contributed by atoms with Gasteiger partial charge in [0.25, 0.3) is 0 Å².